The van der Waals surface area contributed by atoms with E-state index in [1.165, 1.54) is 0 Å². The van der Waals surface area contributed by atoms with E-state index in [1.54, 1.807) is 0 Å². The standard InChI is InChI=1S/C20H32N2O6S2/c1-14-18(22-16(3)20(14,5)9-7-11-30(26,27)28)12-17-13-19(4,15(2)21-17)8-6-10-29(23,24)25/h12H,6-11,13H2,1-5H3,(H,23,24,25)(H,26,27,28)/b17-12+. The van der Waals surface area contributed by atoms with Gasteiger partial charge in [-0.3, -0.25) is 19.1 Å². The molecule has 0 amide bonds. The van der Waals surface area contributed by atoms with Crippen molar-refractivity contribution in [1.29, 1.82) is 0 Å². The summed E-state index contributed by atoms with van der Waals surface area (Å²) in [6.07, 6.45) is 4.48. The Morgan fingerprint density at radius 1 is 0.900 bits per heavy atom. The molecule has 2 heterocycles. The zero-order valence-electron chi connectivity index (χ0n) is 18.3. The first-order valence-corrected chi connectivity index (χ1v) is 13.2. The molecule has 2 atom stereocenters. The van der Waals surface area contributed by atoms with Crippen molar-refractivity contribution in [2.24, 2.45) is 20.8 Å². The fourth-order valence-electron chi connectivity index (χ4n) is 4.13. The Morgan fingerprint density at radius 2 is 1.43 bits per heavy atom. The van der Waals surface area contributed by atoms with Gasteiger partial charge in [0.15, 0.2) is 0 Å². The summed E-state index contributed by atoms with van der Waals surface area (Å²) in [5.74, 6) is -0.532. The first-order chi connectivity index (χ1) is 13.6. The predicted octanol–water partition coefficient (Wildman–Crippen LogP) is 3.83. The van der Waals surface area contributed by atoms with E-state index >= 15 is 0 Å². The van der Waals surface area contributed by atoms with Crippen molar-refractivity contribution in [2.45, 2.75) is 66.7 Å². The summed E-state index contributed by atoms with van der Waals surface area (Å²) >= 11 is 0. The Kier molecular flexibility index (Phi) is 7.18. The fourth-order valence-corrected chi connectivity index (χ4v) is 5.15. The SMILES string of the molecule is CC1=N/C(=C/C2=C(C)C(C)(CCCS(=O)(=O)O)C(C)=N2)CC1(C)CCCS(=O)(=O)O. The topological polar surface area (TPSA) is 133 Å². The number of hydrogen-bond donors (Lipinski definition) is 2. The second kappa shape index (κ2) is 8.64. The van der Waals surface area contributed by atoms with Crippen LogP contribution in [0.15, 0.2) is 33.0 Å². The average Bonchev–Trinajstić information content (AvgIpc) is 2.94. The van der Waals surface area contributed by atoms with E-state index < -0.39 is 20.2 Å². The molecule has 2 unspecified atom stereocenters. The highest BCUT2D eigenvalue weighted by Gasteiger charge is 2.37. The lowest BCUT2D eigenvalue weighted by atomic mass is 9.76. The Hall–Kier alpha value is -1.36. The zero-order valence-corrected chi connectivity index (χ0v) is 19.9. The summed E-state index contributed by atoms with van der Waals surface area (Å²) in [7, 11) is -7.95. The fraction of sp³-hybridized carbons (Fsp3) is 0.700. The molecule has 0 spiro atoms. The van der Waals surface area contributed by atoms with Crippen molar-refractivity contribution in [3.63, 3.8) is 0 Å². The van der Waals surface area contributed by atoms with Gasteiger partial charge in [-0.05, 0) is 58.1 Å². The Bertz CT molecular complexity index is 1040. The maximum atomic E-state index is 11.0. The van der Waals surface area contributed by atoms with E-state index in [0.717, 1.165) is 28.4 Å². The first-order valence-electron chi connectivity index (χ1n) is 10.00. The molecule has 2 rings (SSSR count). The molecule has 0 aliphatic carbocycles. The quantitative estimate of drug-likeness (QED) is 0.502. The third kappa shape index (κ3) is 6.09. The van der Waals surface area contributed by atoms with Crippen molar-refractivity contribution < 1.29 is 25.9 Å². The van der Waals surface area contributed by atoms with Crippen molar-refractivity contribution in [3.8, 4) is 0 Å². The molecule has 2 aliphatic heterocycles. The summed E-state index contributed by atoms with van der Waals surface area (Å²) < 4.78 is 62.0. The summed E-state index contributed by atoms with van der Waals surface area (Å²) in [5, 5.41) is 0. The van der Waals surface area contributed by atoms with Crippen LogP contribution < -0.4 is 0 Å². The van der Waals surface area contributed by atoms with Gasteiger partial charge in [-0.15, -0.1) is 0 Å². The number of nitrogens with zero attached hydrogens (tertiary/aromatic N) is 2. The molecule has 30 heavy (non-hydrogen) atoms. The van der Waals surface area contributed by atoms with Crippen LogP contribution in [0.1, 0.15) is 66.7 Å². The van der Waals surface area contributed by atoms with Crippen LogP contribution in [-0.2, 0) is 20.2 Å². The largest absolute Gasteiger partial charge is 0.286 e. The molecule has 170 valence electrons. The van der Waals surface area contributed by atoms with Gasteiger partial charge in [0.05, 0.1) is 17.2 Å². The number of rotatable bonds is 9. The van der Waals surface area contributed by atoms with E-state index in [1.807, 2.05) is 40.7 Å². The molecule has 0 aromatic carbocycles. The Morgan fingerprint density at radius 3 is 1.97 bits per heavy atom. The van der Waals surface area contributed by atoms with Crippen molar-refractivity contribution in [1.82, 2.24) is 0 Å². The molecule has 10 heteroatoms. The number of allylic oxidation sites excluding steroid dienone is 3. The molecule has 0 aromatic rings. The summed E-state index contributed by atoms with van der Waals surface area (Å²) in [6.45, 7) is 9.90. The Balaban J connectivity index is 2.15. The maximum absolute atomic E-state index is 11.0. The lowest BCUT2D eigenvalue weighted by Gasteiger charge is -2.26. The van der Waals surface area contributed by atoms with Crippen LogP contribution in [0.5, 0.6) is 0 Å². The van der Waals surface area contributed by atoms with Gasteiger partial charge in [0.2, 0.25) is 0 Å². The third-order valence-electron chi connectivity index (χ3n) is 6.57. The van der Waals surface area contributed by atoms with E-state index in [0.29, 0.717) is 32.1 Å². The van der Waals surface area contributed by atoms with Gasteiger partial charge < -0.3 is 0 Å². The van der Waals surface area contributed by atoms with Gasteiger partial charge in [-0.25, -0.2) is 0 Å². The Labute approximate surface area is 179 Å². The molecule has 0 aromatic heterocycles. The van der Waals surface area contributed by atoms with Crippen LogP contribution in [0.3, 0.4) is 0 Å². The molecule has 2 aliphatic rings. The van der Waals surface area contributed by atoms with Crippen LogP contribution in [0.4, 0.5) is 0 Å². The van der Waals surface area contributed by atoms with E-state index in [-0.39, 0.29) is 22.3 Å². The van der Waals surface area contributed by atoms with Crippen LogP contribution in [-0.4, -0.2) is 48.9 Å². The minimum absolute atomic E-state index is 0.259. The van der Waals surface area contributed by atoms with Crippen molar-refractivity contribution in [2.75, 3.05) is 11.5 Å². The highest BCUT2D eigenvalue weighted by Crippen LogP contribution is 2.44. The highest BCUT2D eigenvalue weighted by molar-refractivity contribution is 7.86. The van der Waals surface area contributed by atoms with Gasteiger partial charge in [0.1, 0.15) is 0 Å². The van der Waals surface area contributed by atoms with Crippen molar-refractivity contribution >= 4 is 31.7 Å². The monoisotopic (exact) mass is 460 g/mol. The minimum Gasteiger partial charge on any atom is -0.286 e. The van der Waals surface area contributed by atoms with Gasteiger partial charge in [-0.1, -0.05) is 13.8 Å². The number of hydrogen-bond acceptors (Lipinski definition) is 6. The second-order valence-corrected chi connectivity index (χ2v) is 12.0. The molecule has 0 saturated carbocycles. The second-order valence-electron chi connectivity index (χ2n) is 8.89. The van der Waals surface area contributed by atoms with Crippen LogP contribution in [0.2, 0.25) is 0 Å². The van der Waals surface area contributed by atoms with Crippen molar-refractivity contribution in [3.05, 3.63) is 23.0 Å². The van der Waals surface area contributed by atoms with Crippen LogP contribution in [0.25, 0.3) is 0 Å². The summed E-state index contributed by atoms with van der Waals surface area (Å²) in [6, 6.07) is 0. The van der Waals surface area contributed by atoms with E-state index in [2.05, 4.69) is 4.99 Å². The highest BCUT2D eigenvalue weighted by atomic mass is 32.2. The molecule has 2 N–H and O–H groups in total. The van der Waals surface area contributed by atoms with Gasteiger partial charge in [0.25, 0.3) is 20.2 Å². The maximum Gasteiger partial charge on any atom is 0.264 e. The molecule has 0 fully saturated rings. The minimum atomic E-state index is -3.98. The molecular weight excluding hydrogens is 428 g/mol. The first kappa shape index (κ1) is 24.9. The molecule has 0 radical (unpaired) electrons. The molecule has 8 nitrogen and oxygen atoms in total. The number of aliphatic imine (C=N–C) groups is 2. The van der Waals surface area contributed by atoms with Gasteiger partial charge in [-0.2, -0.15) is 16.8 Å². The average molecular weight is 461 g/mol. The molecule has 0 bridgehead atoms. The third-order valence-corrected chi connectivity index (χ3v) is 8.18. The lowest BCUT2D eigenvalue weighted by molar-refractivity contribution is 0.425. The van der Waals surface area contributed by atoms with Gasteiger partial charge >= 0.3 is 0 Å². The smallest absolute Gasteiger partial charge is 0.264 e. The summed E-state index contributed by atoms with van der Waals surface area (Å²) in [5.41, 5.74) is 3.92. The zero-order chi connectivity index (χ0) is 23.0. The van der Waals surface area contributed by atoms with E-state index in [9.17, 15) is 16.8 Å². The predicted molar refractivity (Wildman–Crippen MR) is 119 cm³/mol. The normalized spacial score (nSPS) is 29.0. The molecular formula is C20H32N2O6S2. The molecule has 0 saturated heterocycles. The van der Waals surface area contributed by atoms with Gasteiger partial charge in [0, 0.05) is 34.4 Å². The van der Waals surface area contributed by atoms with E-state index in [4.69, 9.17) is 14.1 Å². The summed E-state index contributed by atoms with van der Waals surface area (Å²) in [4.78, 5) is 9.37. The van der Waals surface area contributed by atoms with Crippen LogP contribution in [0, 0.1) is 10.8 Å². The lowest BCUT2D eigenvalue weighted by Crippen LogP contribution is -2.25. The van der Waals surface area contributed by atoms with Crippen LogP contribution >= 0.6 is 0 Å².